The molecule has 8 nitrogen and oxygen atoms in total. The first-order valence-corrected chi connectivity index (χ1v) is 9.75. The molecule has 0 saturated carbocycles. The summed E-state index contributed by atoms with van der Waals surface area (Å²) in [6, 6.07) is 5.36. The van der Waals surface area contributed by atoms with Gasteiger partial charge in [-0.1, -0.05) is 6.07 Å². The smallest absolute Gasteiger partial charge is 0.331 e. The first kappa shape index (κ1) is 20.7. The summed E-state index contributed by atoms with van der Waals surface area (Å²) in [4.78, 5) is 37.5. The summed E-state index contributed by atoms with van der Waals surface area (Å²) in [7, 11) is 0. The zero-order valence-corrected chi connectivity index (χ0v) is 16.4. The Labute approximate surface area is 169 Å². The lowest BCUT2D eigenvalue weighted by atomic mass is 9.97. The Bertz CT molecular complexity index is 781. The first-order valence-electron chi connectivity index (χ1n) is 9.75. The van der Waals surface area contributed by atoms with Crippen LogP contribution in [-0.4, -0.2) is 62.3 Å². The minimum atomic E-state index is -0.602. The normalized spacial score (nSPS) is 16.5. The van der Waals surface area contributed by atoms with Crippen LogP contribution >= 0.6 is 0 Å². The lowest BCUT2D eigenvalue weighted by molar-refractivity contribution is -0.153. The molecule has 2 aliphatic heterocycles. The number of benzene rings is 1. The Morgan fingerprint density at radius 2 is 1.83 bits per heavy atom. The Hall–Kier alpha value is -3.03. The molecule has 29 heavy (non-hydrogen) atoms. The van der Waals surface area contributed by atoms with E-state index in [0.29, 0.717) is 57.3 Å². The second-order valence-electron chi connectivity index (χ2n) is 6.75. The number of carbonyl (C=O) groups excluding carboxylic acids is 3. The van der Waals surface area contributed by atoms with Crippen LogP contribution in [0.1, 0.15) is 25.3 Å². The van der Waals surface area contributed by atoms with Crippen LogP contribution in [0.5, 0.6) is 11.5 Å². The van der Waals surface area contributed by atoms with Crippen LogP contribution < -0.4 is 9.47 Å². The van der Waals surface area contributed by atoms with Gasteiger partial charge in [0.15, 0.2) is 18.1 Å². The largest absolute Gasteiger partial charge is 0.486 e. The van der Waals surface area contributed by atoms with Crippen molar-refractivity contribution in [2.24, 2.45) is 5.92 Å². The molecule has 3 rings (SSSR count). The van der Waals surface area contributed by atoms with Crippen LogP contribution in [0.4, 0.5) is 0 Å². The molecule has 0 bridgehead atoms. The Morgan fingerprint density at radius 3 is 2.55 bits per heavy atom. The third-order valence-electron chi connectivity index (χ3n) is 4.78. The average molecular weight is 403 g/mol. The zero-order chi connectivity index (χ0) is 20.6. The quantitative estimate of drug-likeness (QED) is 0.528. The van der Waals surface area contributed by atoms with Crippen LogP contribution in [0, 0.1) is 5.92 Å². The number of hydrogen-bond acceptors (Lipinski definition) is 7. The van der Waals surface area contributed by atoms with Gasteiger partial charge in [-0.25, -0.2) is 4.79 Å². The highest BCUT2D eigenvalue weighted by Gasteiger charge is 2.28. The van der Waals surface area contributed by atoms with Crippen molar-refractivity contribution in [2.75, 3.05) is 39.5 Å². The molecule has 0 N–H and O–H groups in total. The molecular formula is C21H25NO7. The monoisotopic (exact) mass is 403 g/mol. The summed E-state index contributed by atoms with van der Waals surface area (Å²) < 4.78 is 21.0. The summed E-state index contributed by atoms with van der Waals surface area (Å²) in [5.41, 5.74) is 0.763. The van der Waals surface area contributed by atoms with Gasteiger partial charge in [0.1, 0.15) is 13.2 Å². The van der Waals surface area contributed by atoms with E-state index in [1.807, 2.05) is 0 Å². The van der Waals surface area contributed by atoms with Crippen molar-refractivity contribution in [3.63, 3.8) is 0 Å². The van der Waals surface area contributed by atoms with Gasteiger partial charge < -0.3 is 23.8 Å². The minimum Gasteiger partial charge on any atom is -0.486 e. The Morgan fingerprint density at radius 1 is 1.10 bits per heavy atom. The average Bonchev–Trinajstić information content (AvgIpc) is 2.76. The number of fused-ring (bicyclic) bond motifs is 1. The fraction of sp³-hybridized carbons (Fsp3) is 0.476. The fourth-order valence-electron chi connectivity index (χ4n) is 3.22. The zero-order valence-electron chi connectivity index (χ0n) is 16.4. The van der Waals surface area contributed by atoms with Gasteiger partial charge in [-0.15, -0.1) is 0 Å². The topological polar surface area (TPSA) is 91.4 Å². The second kappa shape index (κ2) is 9.95. The lowest BCUT2D eigenvalue weighted by Gasteiger charge is -2.30. The van der Waals surface area contributed by atoms with Gasteiger partial charge >= 0.3 is 11.9 Å². The van der Waals surface area contributed by atoms with Gasteiger partial charge in [0.2, 0.25) is 0 Å². The number of rotatable bonds is 6. The van der Waals surface area contributed by atoms with Crippen molar-refractivity contribution in [2.45, 2.75) is 19.8 Å². The highest BCUT2D eigenvalue weighted by Crippen LogP contribution is 2.31. The summed E-state index contributed by atoms with van der Waals surface area (Å²) in [6.07, 6.45) is 3.98. The molecule has 0 aromatic heterocycles. The van der Waals surface area contributed by atoms with E-state index < -0.39 is 5.97 Å². The maximum Gasteiger partial charge on any atom is 0.331 e. The summed E-state index contributed by atoms with van der Waals surface area (Å²) in [5.74, 6) is 0.0512. The number of amides is 1. The number of carbonyl (C=O) groups is 3. The summed E-state index contributed by atoms with van der Waals surface area (Å²) >= 11 is 0. The molecular weight excluding hydrogens is 378 g/mol. The maximum atomic E-state index is 12.2. The number of nitrogens with zero attached hydrogens (tertiary/aromatic N) is 1. The SMILES string of the molecule is CCOC(=O)C1CCN(C(=O)COC(=O)/C=C/c2ccc3c(c2)OCCO3)CC1. The second-order valence-corrected chi connectivity index (χ2v) is 6.75. The number of esters is 2. The third kappa shape index (κ3) is 5.73. The molecule has 1 aromatic carbocycles. The van der Waals surface area contributed by atoms with E-state index in [1.54, 1.807) is 36.1 Å². The van der Waals surface area contributed by atoms with Crippen molar-refractivity contribution in [1.29, 1.82) is 0 Å². The molecule has 8 heteroatoms. The highest BCUT2D eigenvalue weighted by atomic mass is 16.6. The molecule has 1 aromatic rings. The van der Waals surface area contributed by atoms with Gasteiger partial charge in [0.05, 0.1) is 12.5 Å². The van der Waals surface area contributed by atoms with Crippen LogP contribution in [0.25, 0.3) is 6.08 Å². The van der Waals surface area contributed by atoms with Crippen LogP contribution in [0.3, 0.4) is 0 Å². The molecule has 156 valence electrons. The van der Waals surface area contributed by atoms with Crippen molar-refractivity contribution in [3.8, 4) is 11.5 Å². The molecule has 0 atom stereocenters. The highest BCUT2D eigenvalue weighted by molar-refractivity contribution is 5.89. The summed E-state index contributed by atoms with van der Waals surface area (Å²) in [6.45, 7) is 3.71. The van der Waals surface area contributed by atoms with Crippen LogP contribution in [-0.2, 0) is 23.9 Å². The van der Waals surface area contributed by atoms with E-state index >= 15 is 0 Å². The van der Waals surface area contributed by atoms with Crippen molar-refractivity contribution in [1.82, 2.24) is 4.90 Å². The molecule has 2 heterocycles. The van der Waals surface area contributed by atoms with E-state index in [9.17, 15) is 14.4 Å². The van der Waals surface area contributed by atoms with E-state index in [2.05, 4.69) is 0 Å². The van der Waals surface area contributed by atoms with Gasteiger partial charge in [-0.2, -0.15) is 0 Å². The third-order valence-corrected chi connectivity index (χ3v) is 4.78. The first-order chi connectivity index (χ1) is 14.1. The van der Waals surface area contributed by atoms with Gasteiger partial charge in [-0.05, 0) is 43.5 Å². The predicted molar refractivity (Wildman–Crippen MR) is 103 cm³/mol. The molecule has 1 fully saturated rings. The Kier molecular flexibility index (Phi) is 7.10. The molecule has 0 aliphatic carbocycles. The van der Waals surface area contributed by atoms with E-state index in [1.165, 1.54) is 6.08 Å². The minimum absolute atomic E-state index is 0.171. The van der Waals surface area contributed by atoms with Crippen molar-refractivity contribution >= 4 is 23.9 Å². The fourth-order valence-corrected chi connectivity index (χ4v) is 3.22. The van der Waals surface area contributed by atoms with E-state index in [0.717, 1.165) is 5.56 Å². The standard InChI is InChI=1S/C21H25NO7/c1-2-26-21(25)16-7-9-22(10-8-16)19(23)14-29-20(24)6-4-15-3-5-17-18(13-15)28-12-11-27-17/h3-6,13,16H,2,7-12,14H2,1H3/b6-4+. The number of likely N-dealkylation sites (tertiary alicyclic amines) is 1. The number of piperidine rings is 1. The lowest BCUT2D eigenvalue weighted by Crippen LogP contribution is -2.42. The molecule has 1 amide bonds. The Balaban J connectivity index is 1.42. The van der Waals surface area contributed by atoms with Gasteiger partial charge in [-0.3, -0.25) is 9.59 Å². The molecule has 0 spiro atoms. The maximum absolute atomic E-state index is 12.2. The van der Waals surface area contributed by atoms with Crippen molar-refractivity contribution < 1.29 is 33.3 Å². The number of hydrogen-bond donors (Lipinski definition) is 0. The van der Waals surface area contributed by atoms with Gasteiger partial charge in [0, 0.05) is 19.2 Å². The van der Waals surface area contributed by atoms with E-state index in [4.69, 9.17) is 18.9 Å². The number of ether oxygens (including phenoxy) is 4. The molecule has 0 radical (unpaired) electrons. The molecule has 2 aliphatic rings. The summed E-state index contributed by atoms with van der Waals surface area (Å²) in [5, 5.41) is 0. The van der Waals surface area contributed by atoms with Crippen LogP contribution in [0.15, 0.2) is 24.3 Å². The van der Waals surface area contributed by atoms with Crippen LogP contribution in [0.2, 0.25) is 0 Å². The van der Waals surface area contributed by atoms with E-state index in [-0.39, 0.29) is 24.4 Å². The van der Waals surface area contributed by atoms with Gasteiger partial charge in [0.25, 0.3) is 5.91 Å². The predicted octanol–water partition coefficient (Wildman–Crippen LogP) is 1.82. The molecule has 1 saturated heterocycles. The van der Waals surface area contributed by atoms with Crippen molar-refractivity contribution in [3.05, 3.63) is 29.8 Å². The molecule has 0 unspecified atom stereocenters.